The molecule has 1 N–H and O–H groups in total. The Hall–Kier alpha value is -2.34. The second kappa shape index (κ2) is 5.21. The van der Waals surface area contributed by atoms with Crippen molar-refractivity contribution in [2.45, 2.75) is 13.3 Å². The van der Waals surface area contributed by atoms with Gasteiger partial charge in [0.15, 0.2) is 10.8 Å². The van der Waals surface area contributed by atoms with Gasteiger partial charge in [0.25, 0.3) is 0 Å². The first-order valence-electron chi connectivity index (χ1n) is 6.40. The number of H-pyrrole nitrogens is 1. The van der Waals surface area contributed by atoms with Crippen molar-refractivity contribution in [3.8, 4) is 0 Å². The standard InChI is InChI=1S/C15H11FN2O2S/c1-2-12(19)11-7-21-15(18-11)14(20)8-6-17-10-5-3-4-9(16)13(8)10/h3-7,17H,2H2,1H3. The molecule has 1 aromatic carbocycles. The van der Waals surface area contributed by atoms with Crippen LogP contribution in [-0.2, 0) is 0 Å². The van der Waals surface area contributed by atoms with Crippen molar-refractivity contribution < 1.29 is 14.0 Å². The van der Waals surface area contributed by atoms with Crippen molar-refractivity contribution in [1.82, 2.24) is 9.97 Å². The third kappa shape index (κ3) is 2.27. The van der Waals surface area contributed by atoms with Crippen LogP contribution < -0.4 is 0 Å². The highest BCUT2D eigenvalue weighted by Gasteiger charge is 2.20. The summed E-state index contributed by atoms with van der Waals surface area (Å²) in [7, 11) is 0. The molecule has 3 rings (SSSR count). The van der Waals surface area contributed by atoms with Gasteiger partial charge in [0, 0.05) is 28.9 Å². The fourth-order valence-corrected chi connectivity index (χ4v) is 2.90. The van der Waals surface area contributed by atoms with Crippen LogP contribution in [0.1, 0.15) is 39.2 Å². The van der Waals surface area contributed by atoms with Gasteiger partial charge in [-0.25, -0.2) is 9.37 Å². The van der Waals surface area contributed by atoms with E-state index in [0.717, 1.165) is 11.3 Å². The van der Waals surface area contributed by atoms with Gasteiger partial charge in [-0.05, 0) is 12.1 Å². The Morgan fingerprint density at radius 1 is 1.38 bits per heavy atom. The molecule has 0 saturated carbocycles. The number of hydrogen-bond donors (Lipinski definition) is 1. The molecule has 2 heterocycles. The minimum Gasteiger partial charge on any atom is -0.360 e. The first-order chi connectivity index (χ1) is 10.1. The van der Waals surface area contributed by atoms with Crippen LogP contribution in [0.3, 0.4) is 0 Å². The van der Waals surface area contributed by atoms with Crippen LogP contribution in [-0.4, -0.2) is 21.5 Å². The van der Waals surface area contributed by atoms with Crippen LogP contribution in [0, 0.1) is 5.82 Å². The molecule has 0 saturated heterocycles. The molecule has 2 aromatic heterocycles. The van der Waals surface area contributed by atoms with E-state index < -0.39 is 5.82 Å². The molecule has 0 aliphatic carbocycles. The zero-order chi connectivity index (χ0) is 15.0. The fourth-order valence-electron chi connectivity index (χ4n) is 2.12. The van der Waals surface area contributed by atoms with E-state index in [1.165, 1.54) is 12.3 Å². The Balaban J connectivity index is 2.05. The third-order valence-electron chi connectivity index (χ3n) is 3.20. The molecule has 4 nitrogen and oxygen atoms in total. The maximum atomic E-state index is 13.9. The van der Waals surface area contributed by atoms with Crippen molar-refractivity contribution in [2.75, 3.05) is 0 Å². The topological polar surface area (TPSA) is 62.8 Å². The highest BCUT2D eigenvalue weighted by Crippen LogP contribution is 2.25. The molecular weight excluding hydrogens is 291 g/mol. The monoisotopic (exact) mass is 302 g/mol. The van der Waals surface area contributed by atoms with Gasteiger partial charge in [-0.3, -0.25) is 9.59 Å². The normalized spacial score (nSPS) is 11.0. The predicted octanol–water partition coefficient (Wildman–Crippen LogP) is 3.59. The molecule has 0 bridgehead atoms. The Bertz CT molecular complexity index is 850. The summed E-state index contributed by atoms with van der Waals surface area (Å²) in [5, 5.41) is 2.00. The number of carbonyl (C=O) groups excluding carboxylic acids is 2. The van der Waals surface area contributed by atoms with E-state index in [-0.39, 0.29) is 33.2 Å². The Morgan fingerprint density at radius 3 is 2.95 bits per heavy atom. The minimum absolute atomic E-state index is 0.115. The molecule has 0 atom stereocenters. The van der Waals surface area contributed by atoms with Crippen LogP contribution in [0.2, 0.25) is 0 Å². The van der Waals surface area contributed by atoms with Gasteiger partial charge in [-0.15, -0.1) is 11.3 Å². The summed E-state index contributed by atoms with van der Waals surface area (Å²) >= 11 is 1.10. The van der Waals surface area contributed by atoms with E-state index >= 15 is 0 Å². The zero-order valence-corrected chi connectivity index (χ0v) is 12.0. The van der Waals surface area contributed by atoms with Gasteiger partial charge >= 0.3 is 0 Å². The van der Waals surface area contributed by atoms with Crippen LogP contribution in [0.4, 0.5) is 4.39 Å². The lowest BCUT2D eigenvalue weighted by Crippen LogP contribution is -2.03. The zero-order valence-electron chi connectivity index (χ0n) is 11.1. The van der Waals surface area contributed by atoms with Gasteiger partial charge in [-0.2, -0.15) is 0 Å². The van der Waals surface area contributed by atoms with Crippen molar-refractivity contribution in [1.29, 1.82) is 0 Å². The highest BCUT2D eigenvalue weighted by molar-refractivity contribution is 7.12. The molecule has 0 unspecified atom stereocenters. The molecule has 0 amide bonds. The number of halogens is 1. The average molecular weight is 302 g/mol. The van der Waals surface area contributed by atoms with Crippen molar-refractivity contribution in [3.05, 3.63) is 51.9 Å². The molecule has 21 heavy (non-hydrogen) atoms. The molecular formula is C15H11FN2O2S. The largest absolute Gasteiger partial charge is 0.360 e. The maximum Gasteiger partial charge on any atom is 0.223 e. The van der Waals surface area contributed by atoms with Crippen molar-refractivity contribution >= 4 is 33.8 Å². The Kier molecular flexibility index (Phi) is 3.39. The number of ketones is 2. The number of nitrogens with zero attached hydrogens (tertiary/aromatic N) is 1. The number of nitrogens with one attached hydrogen (secondary N) is 1. The number of benzene rings is 1. The first kappa shape index (κ1) is 13.6. The molecule has 0 aliphatic rings. The summed E-state index contributed by atoms with van der Waals surface area (Å²) < 4.78 is 13.9. The average Bonchev–Trinajstić information content (AvgIpc) is 3.13. The summed E-state index contributed by atoms with van der Waals surface area (Å²) in [6.07, 6.45) is 1.80. The third-order valence-corrected chi connectivity index (χ3v) is 4.05. The molecule has 6 heteroatoms. The Labute approximate surface area is 123 Å². The minimum atomic E-state index is -0.460. The van der Waals surface area contributed by atoms with Gasteiger partial charge in [0.2, 0.25) is 5.78 Å². The van der Waals surface area contributed by atoms with Gasteiger partial charge < -0.3 is 4.98 Å². The van der Waals surface area contributed by atoms with E-state index in [4.69, 9.17) is 0 Å². The number of carbonyl (C=O) groups is 2. The van der Waals surface area contributed by atoms with Crippen LogP contribution in [0.25, 0.3) is 10.9 Å². The molecule has 0 radical (unpaired) electrons. The van der Waals surface area contributed by atoms with Crippen molar-refractivity contribution in [2.24, 2.45) is 0 Å². The summed E-state index contributed by atoms with van der Waals surface area (Å²) in [6, 6.07) is 4.58. The second-order valence-corrected chi connectivity index (χ2v) is 5.37. The van der Waals surface area contributed by atoms with E-state index in [9.17, 15) is 14.0 Å². The molecule has 3 aromatic rings. The fraction of sp³-hybridized carbons (Fsp3) is 0.133. The van der Waals surface area contributed by atoms with E-state index in [1.807, 2.05) is 0 Å². The Morgan fingerprint density at radius 2 is 2.19 bits per heavy atom. The van der Waals surface area contributed by atoms with Crippen molar-refractivity contribution in [3.63, 3.8) is 0 Å². The van der Waals surface area contributed by atoms with E-state index in [0.29, 0.717) is 11.9 Å². The lowest BCUT2D eigenvalue weighted by Gasteiger charge is -1.97. The second-order valence-electron chi connectivity index (χ2n) is 4.51. The summed E-state index contributed by atoms with van der Waals surface area (Å²) in [5.74, 6) is -0.958. The van der Waals surface area contributed by atoms with Crippen LogP contribution in [0.5, 0.6) is 0 Å². The number of aromatic nitrogens is 2. The van der Waals surface area contributed by atoms with E-state index in [1.54, 1.807) is 24.4 Å². The quantitative estimate of drug-likeness (QED) is 0.749. The predicted molar refractivity (Wildman–Crippen MR) is 78.4 cm³/mol. The number of aromatic amines is 1. The van der Waals surface area contributed by atoms with Crippen LogP contribution >= 0.6 is 11.3 Å². The number of Topliss-reactive ketones (excluding diaryl/α,β-unsaturated/α-hetero) is 1. The summed E-state index contributed by atoms with van der Waals surface area (Å²) in [4.78, 5) is 30.9. The number of rotatable bonds is 4. The van der Waals surface area contributed by atoms with Crippen LogP contribution in [0.15, 0.2) is 29.8 Å². The van der Waals surface area contributed by atoms with Gasteiger partial charge in [-0.1, -0.05) is 13.0 Å². The van der Waals surface area contributed by atoms with Gasteiger partial charge in [0.05, 0.1) is 5.56 Å². The maximum absolute atomic E-state index is 13.9. The van der Waals surface area contributed by atoms with Gasteiger partial charge in [0.1, 0.15) is 11.5 Å². The number of hydrogen-bond acceptors (Lipinski definition) is 4. The highest BCUT2D eigenvalue weighted by atomic mass is 32.1. The first-order valence-corrected chi connectivity index (χ1v) is 7.28. The van der Waals surface area contributed by atoms with E-state index in [2.05, 4.69) is 9.97 Å². The molecule has 0 spiro atoms. The summed E-state index contributed by atoms with van der Waals surface area (Å²) in [5.41, 5.74) is 1.07. The number of fused-ring (bicyclic) bond motifs is 1. The molecule has 0 aliphatic heterocycles. The SMILES string of the molecule is CCC(=O)c1csc(C(=O)c2c[nH]c3cccc(F)c23)n1. The smallest absolute Gasteiger partial charge is 0.223 e. The number of thiazole rings is 1. The summed E-state index contributed by atoms with van der Waals surface area (Å²) in [6.45, 7) is 1.73. The molecule has 106 valence electrons. The lowest BCUT2D eigenvalue weighted by molar-refractivity contribution is 0.0984. The lowest BCUT2D eigenvalue weighted by atomic mass is 10.1. The molecule has 0 fully saturated rings.